The summed E-state index contributed by atoms with van der Waals surface area (Å²) in [6, 6.07) is 6.97. The monoisotopic (exact) mass is 252 g/mol. The van der Waals surface area contributed by atoms with Crippen molar-refractivity contribution in [2.75, 3.05) is 7.11 Å². The number of hydrogen-bond donors (Lipinski definition) is 1. The molecule has 0 aliphatic heterocycles. The van der Waals surface area contributed by atoms with E-state index in [1.807, 2.05) is 0 Å². The Kier molecular flexibility index (Phi) is 3.36. The van der Waals surface area contributed by atoms with Gasteiger partial charge in [0.1, 0.15) is 11.9 Å². The molecule has 1 atom stereocenters. The van der Waals surface area contributed by atoms with Crippen molar-refractivity contribution < 1.29 is 9.84 Å². The fraction of sp³-hybridized carbons (Fsp3) is 0.250. The molecule has 0 radical (unpaired) electrons. The van der Waals surface area contributed by atoms with Gasteiger partial charge in [-0.1, -0.05) is 17.7 Å². The molecule has 0 fully saturated rings. The maximum atomic E-state index is 10.2. The predicted molar refractivity (Wildman–Crippen MR) is 65.3 cm³/mol. The highest BCUT2D eigenvalue weighted by Crippen LogP contribution is 2.29. The van der Waals surface area contributed by atoms with E-state index in [9.17, 15) is 5.11 Å². The van der Waals surface area contributed by atoms with Crippen LogP contribution in [-0.4, -0.2) is 22.0 Å². The number of benzene rings is 1. The lowest BCUT2D eigenvalue weighted by Gasteiger charge is -2.13. The Morgan fingerprint density at radius 1 is 1.41 bits per heavy atom. The third-order valence-electron chi connectivity index (χ3n) is 2.63. The molecule has 1 heterocycles. The largest absolute Gasteiger partial charge is 0.495 e. The zero-order valence-corrected chi connectivity index (χ0v) is 10.3. The second-order valence-corrected chi connectivity index (χ2v) is 4.08. The highest BCUT2D eigenvalue weighted by Gasteiger charge is 2.15. The summed E-state index contributed by atoms with van der Waals surface area (Å²) in [7, 11) is 3.34. The Morgan fingerprint density at radius 2 is 2.18 bits per heavy atom. The molecular formula is C12H13ClN2O2. The summed E-state index contributed by atoms with van der Waals surface area (Å²) in [4.78, 5) is 0. The van der Waals surface area contributed by atoms with Crippen LogP contribution in [0.25, 0.3) is 0 Å². The van der Waals surface area contributed by atoms with Crippen LogP contribution in [0, 0.1) is 0 Å². The molecule has 0 bridgehead atoms. The number of nitrogens with zero attached hydrogens (tertiary/aromatic N) is 2. The van der Waals surface area contributed by atoms with Crippen LogP contribution < -0.4 is 4.74 Å². The summed E-state index contributed by atoms with van der Waals surface area (Å²) >= 11 is 6.02. The zero-order chi connectivity index (χ0) is 12.4. The Balaban J connectivity index is 2.35. The van der Waals surface area contributed by atoms with Crippen molar-refractivity contribution in [3.05, 3.63) is 46.7 Å². The topological polar surface area (TPSA) is 47.3 Å². The second kappa shape index (κ2) is 4.77. The molecule has 0 saturated heterocycles. The number of ether oxygens (including phenoxy) is 1. The van der Waals surface area contributed by atoms with E-state index in [1.165, 1.54) is 0 Å². The Hall–Kier alpha value is -1.52. The van der Waals surface area contributed by atoms with E-state index in [1.54, 1.807) is 49.3 Å². The van der Waals surface area contributed by atoms with Gasteiger partial charge in [-0.15, -0.1) is 0 Å². The molecule has 1 aromatic heterocycles. The van der Waals surface area contributed by atoms with Gasteiger partial charge in [0, 0.05) is 13.2 Å². The highest BCUT2D eigenvalue weighted by atomic mass is 35.5. The van der Waals surface area contributed by atoms with Gasteiger partial charge in [-0.25, -0.2) is 0 Å². The lowest BCUT2D eigenvalue weighted by molar-refractivity contribution is 0.209. The minimum Gasteiger partial charge on any atom is -0.495 e. The van der Waals surface area contributed by atoms with Crippen molar-refractivity contribution in [3.63, 3.8) is 0 Å². The first-order chi connectivity index (χ1) is 8.13. The van der Waals surface area contributed by atoms with E-state index >= 15 is 0 Å². The Labute approximate surface area is 104 Å². The van der Waals surface area contributed by atoms with Gasteiger partial charge in [-0.05, 0) is 23.8 Å². The van der Waals surface area contributed by atoms with Crippen LogP contribution in [-0.2, 0) is 7.05 Å². The van der Waals surface area contributed by atoms with Crippen LogP contribution in [0.15, 0.2) is 30.5 Å². The van der Waals surface area contributed by atoms with Crippen molar-refractivity contribution in [1.29, 1.82) is 0 Å². The van der Waals surface area contributed by atoms with E-state index < -0.39 is 6.10 Å². The Morgan fingerprint density at radius 3 is 2.71 bits per heavy atom. The summed E-state index contributed by atoms with van der Waals surface area (Å²) in [6.45, 7) is 0. The molecule has 0 saturated carbocycles. The molecule has 2 rings (SSSR count). The van der Waals surface area contributed by atoms with Gasteiger partial charge in [0.15, 0.2) is 0 Å². The van der Waals surface area contributed by atoms with Gasteiger partial charge < -0.3 is 9.84 Å². The first-order valence-corrected chi connectivity index (χ1v) is 5.50. The molecule has 0 amide bonds. The summed E-state index contributed by atoms with van der Waals surface area (Å²) < 4.78 is 6.69. The molecule has 4 nitrogen and oxygen atoms in total. The lowest BCUT2D eigenvalue weighted by atomic mass is 10.1. The number of hydrogen-bond acceptors (Lipinski definition) is 3. The average Bonchev–Trinajstić information content (AvgIpc) is 2.74. The zero-order valence-electron chi connectivity index (χ0n) is 9.59. The normalized spacial score (nSPS) is 12.5. The quantitative estimate of drug-likeness (QED) is 0.911. The summed E-state index contributed by atoms with van der Waals surface area (Å²) in [5, 5.41) is 14.7. The number of aromatic nitrogens is 2. The third kappa shape index (κ3) is 2.28. The van der Waals surface area contributed by atoms with Crippen molar-refractivity contribution >= 4 is 11.6 Å². The molecule has 1 N–H and O–H groups in total. The average molecular weight is 253 g/mol. The van der Waals surface area contributed by atoms with E-state index in [0.29, 0.717) is 22.0 Å². The first kappa shape index (κ1) is 12.0. The minimum atomic E-state index is -0.745. The van der Waals surface area contributed by atoms with Gasteiger partial charge >= 0.3 is 0 Å². The second-order valence-electron chi connectivity index (χ2n) is 3.68. The van der Waals surface area contributed by atoms with Crippen LogP contribution in [0.4, 0.5) is 0 Å². The number of halogens is 1. The van der Waals surface area contributed by atoms with Gasteiger partial charge in [0.25, 0.3) is 0 Å². The molecule has 1 aromatic carbocycles. The van der Waals surface area contributed by atoms with Crippen LogP contribution >= 0.6 is 11.6 Å². The van der Waals surface area contributed by atoms with E-state index in [4.69, 9.17) is 16.3 Å². The van der Waals surface area contributed by atoms with E-state index in [2.05, 4.69) is 5.10 Å². The maximum absolute atomic E-state index is 10.2. The number of methoxy groups -OCH3 is 1. The SMILES string of the molecule is COc1ccc(C(O)c2ccnn2C)cc1Cl. The van der Waals surface area contributed by atoms with Gasteiger partial charge in [0.05, 0.1) is 17.8 Å². The number of aliphatic hydroxyl groups excluding tert-OH is 1. The molecule has 2 aromatic rings. The van der Waals surface area contributed by atoms with Crippen LogP contribution in [0.3, 0.4) is 0 Å². The van der Waals surface area contributed by atoms with Crippen molar-refractivity contribution in [3.8, 4) is 5.75 Å². The van der Waals surface area contributed by atoms with Crippen LogP contribution in [0.2, 0.25) is 5.02 Å². The first-order valence-electron chi connectivity index (χ1n) is 5.13. The predicted octanol–water partition coefficient (Wildman–Crippen LogP) is 2.16. The summed E-state index contributed by atoms with van der Waals surface area (Å²) in [5.41, 5.74) is 1.42. The fourth-order valence-corrected chi connectivity index (χ4v) is 1.94. The molecule has 1 unspecified atom stereocenters. The molecule has 0 aliphatic rings. The molecule has 0 aliphatic carbocycles. The van der Waals surface area contributed by atoms with Crippen molar-refractivity contribution in [2.45, 2.75) is 6.10 Å². The fourth-order valence-electron chi connectivity index (χ4n) is 1.68. The number of aryl methyl sites for hydroxylation is 1. The smallest absolute Gasteiger partial charge is 0.137 e. The Bertz CT molecular complexity index is 525. The molecule has 5 heteroatoms. The maximum Gasteiger partial charge on any atom is 0.137 e. The summed E-state index contributed by atoms with van der Waals surface area (Å²) in [6.07, 6.45) is 0.898. The van der Waals surface area contributed by atoms with Gasteiger partial charge in [0.2, 0.25) is 0 Å². The molecule has 17 heavy (non-hydrogen) atoms. The summed E-state index contributed by atoms with van der Waals surface area (Å²) in [5.74, 6) is 0.590. The van der Waals surface area contributed by atoms with E-state index in [0.717, 1.165) is 0 Å². The van der Waals surface area contributed by atoms with Gasteiger partial charge in [-0.2, -0.15) is 5.10 Å². The number of rotatable bonds is 3. The van der Waals surface area contributed by atoms with Crippen LogP contribution in [0.1, 0.15) is 17.4 Å². The van der Waals surface area contributed by atoms with Crippen molar-refractivity contribution in [2.24, 2.45) is 7.05 Å². The highest BCUT2D eigenvalue weighted by molar-refractivity contribution is 6.32. The minimum absolute atomic E-state index is 0.478. The molecular weight excluding hydrogens is 240 g/mol. The standard InChI is InChI=1S/C12H13ClN2O2/c1-15-10(5-6-14-15)12(16)8-3-4-11(17-2)9(13)7-8/h3-7,12,16H,1-2H3. The number of aliphatic hydroxyl groups is 1. The molecule has 90 valence electrons. The third-order valence-corrected chi connectivity index (χ3v) is 2.93. The van der Waals surface area contributed by atoms with Crippen LogP contribution in [0.5, 0.6) is 5.75 Å². The molecule has 0 spiro atoms. The van der Waals surface area contributed by atoms with E-state index in [-0.39, 0.29) is 0 Å². The lowest BCUT2D eigenvalue weighted by Crippen LogP contribution is -2.06. The van der Waals surface area contributed by atoms with Crippen molar-refractivity contribution in [1.82, 2.24) is 9.78 Å². The van der Waals surface area contributed by atoms with Gasteiger partial charge in [-0.3, -0.25) is 4.68 Å².